The van der Waals surface area contributed by atoms with Gasteiger partial charge in [0.2, 0.25) is 5.76 Å². The molecule has 7 nitrogen and oxygen atoms in total. The number of aliphatic hydroxyl groups is 2. The number of esters is 1. The van der Waals surface area contributed by atoms with Gasteiger partial charge in [0.15, 0.2) is 11.5 Å². The van der Waals surface area contributed by atoms with Crippen LogP contribution in [0.1, 0.15) is 89.2 Å². The van der Waals surface area contributed by atoms with Crippen molar-refractivity contribution in [1.29, 1.82) is 0 Å². The third kappa shape index (κ3) is 7.26. The minimum Gasteiger partial charge on any atom is -0.492 e. The fourth-order valence-corrected chi connectivity index (χ4v) is 12.8. The van der Waals surface area contributed by atoms with Crippen LogP contribution in [0.3, 0.4) is 0 Å². The van der Waals surface area contributed by atoms with Crippen molar-refractivity contribution < 1.29 is 29.2 Å². The van der Waals surface area contributed by atoms with Crippen molar-refractivity contribution in [2.75, 3.05) is 25.2 Å². The molecule has 6 aliphatic rings. The monoisotopic (exact) mass is 709 g/mol. The molecule has 0 unspecified atom stereocenters. The van der Waals surface area contributed by atoms with E-state index in [-0.39, 0.29) is 41.4 Å². The van der Waals surface area contributed by atoms with Crippen molar-refractivity contribution in [1.82, 2.24) is 4.90 Å². The molecule has 2 N–H and O–H groups in total. The Morgan fingerprint density at radius 3 is 2.63 bits per heavy atom. The summed E-state index contributed by atoms with van der Waals surface area (Å²) in [4.78, 5) is 15.5. The van der Waals surface area contributed by atoms with Gasteiger partial charge in [0.25, 0.3) is 0 Å². The lowest BCUT2D eigenvalue weighted by Crippen LogP contribution is -2.60. The van der Waals surface area contributed by atoms with Crippen LogP contribution in [0.15, 0.2) is 59.0 Å². The van der Waals surface area contributed by atoms with E-state index in [0.717, 1.165) is 50.0 Å². The number of allylic oxidation sites excluding steroid dienone is 1. The average molecular weight is 710 g/mol. The molecule has 1 aromatic carbocycles. The van der Waals surface area contributed by atoms with Crippen molar-refractivity contribution in [2.45, 2.75) is 115 Å². The summed E-state index contributed by atoms with van der Waals surface area (Å²) in [5, 5.41) is 22.2. The van der Waals surface area contributed by atoms with E-state index in [1.54, 1.807) is 0 Å². The molecular formula is C40H55NO6S2. The summed E-state index contributed by atoms with van der Waals surface area (Å²) in [5.41, 5.74) is 2.97. The SMILES string of the molecule is CCCCCc1cccc(C[C@H]2C[C@@H]3[C@@H](O)C[C@H]4CCC[C@H]4CSSC[C@@H]4CC=C5OC(=C6OC(=O)C(CO)=C6OC)[C@@H](C)[C@H]5[C@H](C2)N43)c1. The van der Waals surface area contributed by atoms with Gasteiger partial charge in [0, 0.05) is 41.5 Å². The van der Waals surface area contributed by atoms with Gasteiger partial charge >= 0.3 is 5.97 Å². The van der Waals surface area contributed by atoms with Gasteiger partial charge in [0.1, 0.15) is 11.3 Å². The Kier molecular flexibility index (Phi) is 11.4. The number of methoxy groups -OCH3 is 1. The highest BCUT2D eigenvalue weighted by molar-refractivity contribution is 8.76. The van der Waals surface area contributed by atoms with Crippen molar-refractivity contribution in [3.8, 4) is 0 Å². The summed E-state index contributed by atoms with van der Waals surface area (Å²) in [6.45, 7) is 3.99. The molecule has 1 aliphatic carbocycles. The van der Waals surface area contributed by atoms with Crippen LogP contribution in [-0.2, 0) is 31.8 Å². The molecule has 268 valence electrons. The number of ether oxygens (including phenoxy) is 3. The molecule has 1 saturated carbocycles. The van der Waals surface area contributed by atoms with Gasteiger partial charge in [-0.15, -0.1) is 0 Å². The molecule has 4 fully saturated rings. The number of hydrogen-bond acceptors (Lipinski definition) is 9. The molecule has 7 rings (SSSR count). The lowest BCUT2D eigenvalue weighted by atomic mass is 9.72. The number of unbranched alkanes of at least 4 members (excludes halogenated alkanes) is 2. The number of rotatable bonds is 8. The van der Waals surface area contributed by atoms with Crippen LogP contribution in [0.5, 0.6) is 0 Å². The molecule has 0 radical (unpaired) electrons. The summed E-state index contributed by atoms with van der Waals surface area (Å²) in [7, 11) is 5.57. The van der Waals surface area contributed by atoms with E-state index < -0.39 is 12.6 Å². The van der Waals surface area contributed by atoms with Gasteiger partial charge in [-0.05, 0) is 86.3 Å². The first-order chi connectivity index (χ1) is 23.9. The number of aryl methyl sites for hydroxylation is 1. The maximum Gasteiger partial charge on any atom is 0.345 e. The molecule has 3 saturated heterocycles. The molecule has 9 atom stereocenters. The summed E-state index contributed by atoms with van der Waals surface area (Å²) in [6.07, 6.45) is 15.4. The number of piperidine rings is 1. The summed E-state index contributed by atoms with van der Waals surface area (Å²) in [5.74, 6) is 5.49. The van der Waals surface area contributed by atoms with E-state index in [0.29, 0.717) is 35.3 Å². The third-order valence-corrected chi connectivity index (χ3v) is 14.9. The first-order valence-electron chi connectivity index (χ1n) is 18.9. The first kappa shape index (κ1) is 35.5. The van der Waals surface area contributed by atoms with Crippen LogP contribution in [0.25, 0.3) is 0 Å². The molecule has 5 aliphatic heterocycles. The third-order valence-electron chi connectivity index (χ3n) is 12.4. The maximum atomic E-state index is 12.7. The van der Waals surface area contributed by atoms with Crippen LogP contribution in [0.2, 0.25) is 0 Å². The van der Waals surface area contributed by atoms with Crippen LogP contribution in [0.4, 0.5) is 0 Å². The average Bonchev–Trinajstić information content (AvgIpc) is 3.74. The number of carbonyl (C=O) groups is 1. The molecule has 9 heteroatoms. The highest BCUT2D eigenvalue weighted by Crippen LogP contribution is 2.53. The number of aliphatic hydroxyl groups excluding tert-OH is 2. The van der Waals surface area contributed by atoms with Crippen LogP contribution in [0, 0.1) is 29.6 Å². The topological polar surface area (TPSA) is 88.5 Å². The summed E-state index contributed by atoms with van der Waals surface area (Å²) >= 11 is 0. The molecular weight excluding hydrogens is 655 g/mol. The Morgan fingerprint density at radius 2 is 1.82 bits per heavy atom. The number of fused-ring (bicyclic) bond motifs is 3. The number of benzene rings is 1. The Hall–Kier alpha value is -1.91. The van der Waals surface area contributed by atoms with E-state index >= 15 is 0 Å². The van der Waals surface area contributed by atoms with E-state index in [4.69, 9.17) is 14.2 Å². The molecule has 49 heavy (non-hydrogen) atoms. The molecule has 0 aromatic heterocycles. The Labute approximate surface area is 300 Å². The quantitative estimate of drug-likeness (QED) is 0.161. The van der Waals surface area contributed by atoms with Crippen LogP contribution < -0.4 is 0 Å². The standard InChI is InChI=1S/C40H55NO6S2/c1-4-5-6-9-25-10-7-11-26(16-25)17-27-18-32-34(43)20-28-12-8-13-29(28)22-48-49-23-30-14-15-35-36(33(19-27)41(30)32)24(2)37(46-35)39-38(45-3)31(21-42)40(44)47-39/h7,10-11,15-16,24,27-30,32-34,36,42-43H,4-6,8-9,12-14,17-23H2,1-3H3/t24-,27-,28+,29-,30-,32+,33-,34-,36-/m0/s1. The van der Waals surface area contributed by atoms with Crippen LogP contribution in [-0.4, -0.2) is 70.5 Å². The first-order valence-corrected chi connectivity index (χ1v) is 21.4. The Morgan fingerprint density at radius 1 is 1.02 bits per heavy atom. The summed E-state index contributed by atoms with van der Waals surface area (Å²) < 4.78 is 18.0. The number of cyclic esters (lactones) is 1. The zero-order valence-corrected chi connectivity index (χ0v) is 31.1. The Bertz CT molecular complexity index is 1460. The molecule has 5 heterocycles. The molecule has 1 aromatic rings. The molecule has 0 bridgehead atoms. The predicted molar refractivity (Wildman–Crippen MR) is 196 cm³/mol. The second-order valence-electron chi connectivity index (χ2n) is 15.4. The highest BCUT2D eigenvalue weighted by atomic mass is 33.1. The van der Waals surface area contributed by atoms with Gasteiger partial charge in [-0.25, -0.2) is 4.79 Å². The van der Waals surface area contributed by atoms with Gasteiger partial charge in [-0.2, -0.15) is 0 Å². The zero-order valence-electron chi connectivity index (χ0n) is 29.5. The van der Waals surface area contributed by atoms with Crippen molar-refractivity contribution in [3.63, 3.8) is 0 Å². The molecule has 0 spiro atoms. The number of carbonyl (C=O) groups excluding carboxylic acids is 1. The number of hydrogen-bond donors (Lipinski definition) is 2. The minimum absolute atomic E-state index is 0.0578. The second kappa shape index (κ2) is 15.8. The largest absolute Gasteiger partial charge is 0.492 e. The number of nitrogens with zero attached hydrogens (tertiary/aromatic N) is 1. The fraction of sp³-hybridized carbons (Fsp3) is 0.675. The van der Waals surface area contributed by atoms with E-state index in [1.165, 1.54) is 62.5 Å². The smallest absolute Gasteiger partial charge is 0.345 e. The highest BCUT2D eigenvalue weighted by Gasteiger charge is 2.53. The van der Waals surface area contributed by atoms with Gasteiger partial charge in [-0.3, -0.25) is 4.90 Å². The second-order valence-corrected chi connectivity index (χ2v) is 17.9. The van der Waals surface area contributed by atoms with Crippen molar-refractivity contribution in [3.05, 3.63) is 70.1 Å². The fourth-order valence-electron chi connectivity index (χ4n) is 9.99. The van der Waals surface area contributed by atoms with Gasteiger partial charge in [-0.1, -0.05) is 85.4 Å². The van der Waals surface area contributed by atoms with Crippen molar-refractivity contribution >= 4 is 27.6 Å². The lowest BCUT2D eigenvalue weighted by Gasteiger charge is -2.52. The normalized spacial score (nSPS) is 36.6. The maximum absolute atomic E-state index is 12.7. The van der Waals surface area contributed by atoms with Gasteiger partial charge in [0.05, 0.1) is 19.8 Å². The van der Waals surface area contributed by atoms with E-state index in [2.05, 4.69) is 49.1 Å². The van der Waals surface area contributed by atoms with Gasteiger partial charge < -0.3 is 24.4 Å². The Balaban J connectivity index is 1.24. The summed E-state index contributed by atoms with van der Waals surface area (Å²) in [6, 6.07) is 9.83. The minimum atomic E-state index is -0.580. The van der Waals surface area contributed by atoms with Crippen molar-refractivity contribution in [2.24, 2.45) is 29.6 Å². The molecule has 0 amide bonds. The van der Waals surface area contributed by atoms with E-state index in [1.807, 2.05) is 21.6 Å². The van der Waals surface area contributed by atoms with Crippen LogP contribution >= 0.6 is 21.6 Å². The predicted octanol–water partition coefficient (Wildman–Crippen LogP) is 7.57. The zero-order chi connectivity index (χ0) is 34.1. The lowest BCUT2D eigenvalue weighted by molar-refractivity contribution is -0.133. The van der Waals surface area contributed by atoms with E-state index in [9.17, 15) is 15.0 Å².